The lowest BCUT2D eigenvalue weighted by atomic mass is 10.1. The molecule has 0 unspecified atom stereocenters. The van der Waals surface area contributed by atoms with Gasteiger partial charge in [-0.3, -0.25) is 4.79 Å². The van der Waals surface area contributed by atoms with E-state index in [0.29, 0.717) is 21.4 Å². The van der Waals surface area contributed by atoms with Gasteiger partial charge < -0.3 is 9.84 Å². The summed E-state index contributed by atoms with van der Waals surface area (Å²) in [4.78, 5) is 12.1. The van der Waals surface area contributed by atoms with Gasteiger partial charge in [-0.15, -0.1) is 0 Å². The first kappa shape index (κ1) is 16.5. The summed E-state index contributed by atoms with van der Waals surface area (Å²) >= 11 is 11.8. The van der Waals surface area contributed by atoms with E-state index in [-0.39, 0.29) is 18.1 Å². The Hall–Kier alpha value is -2.37. The van der Waals surface area contributed by atoms with Crippen LogP contribution in [0, 0.1) is 5.82 Å². The summed E-state index contributed by atoms with van der Waals surface area (Å²) in [5, 5.41) is 7.31. The van der Waals surface area contributed by atoms with Gasteiger partial charge in [0, 0.05) is 18.2 Å². The van der Waals surface area contributed by atoms with Crippen molar-refractivity contribution in [3.63, 3.8) is 0 Å². The van der Waals surface area contributed by atoms with Crippen LogP contribution in [0.3, 0.4) is 0 Å². The quantitative estimate of drug-likeness (QED) is 0.728. The Bertz CT molecular complexity index is 879. The second kappa shape index (κ2) is 7.03. The van der Waals surface area contributed by atoms with E-state index in [1.54, 1.807) is 30.3 Å². The second-order valence-corrected chi connectivity index (χ2v) is 5.83. The molecule has 1 amide bonds. The first-order chi connectivity index (χ1) is 11.5. The average molecular weight is 365 g/mol. The van der Waals surface area contributed by atoms with Crippen molar-refractivity contribution in [2.24, 2.45) is 0 Å². The van der Waals surface area contributed by atoms with E-state index >= 15 is 0 Å². The maximum atomic E-state index is 12.9. The summed E-state index contributed by atoms with van der Waals surface area (Å²) in [5.74, 6) is -0.356. The Morgan fingerprint density at radius 1 is 1.08 bits per heavy atom. The molecular formula is C17H11Cl2FN2O2. The molecule has 1 N–H and O–H groups in total. The smallest absolute Gasteiger partial charge is 0.273 e. The summed E-state index contributed by atoms with van der Waals surface area (Å²) in [7, 11) is 0. The highest BCUT2D eigenvalue weighted by Crippen LogP contribution is 2.23. The van der Waals surface area contributed by atoms with Crippen LogP contribution in [0.4, 0.5) is 4.39 Å². The molecule has 0 saturated carbocycles. The Kier molecular flexibility index (Phi) is 4.83. The first-order valence-electron chi connectivity index (χ1n) is 6.98. The Morgan fingerprint density at radius 2 is 1.83 bits per heavy atom. The van der Waals surface area contributed by atoms with Crippen LogP contribution in [-0.2, 0) is 6.54 Å². The second-order valence-electron chi connectivity index (χ2n) is 5.01. The molecule has 0 aliphatic rings. The SMILES string of the molecule is O=C(NCc1ccc(Cl)c(Cl)c1)c1cc(-c2ccc(F)cc2)on1. The fourth-order valence-electron chi connectivity index (χ4n) is 2.05. The van der Waals surface area contributed by atoms with Crippen LogP contribution in [0.25, 0.3) is 11.3 Å². The molecule has 4 nitrogen and oxygen atoms in total. The molecule has 0 radical (unpaired) electrons. The van der Waals surface area contributed by atoms with Crippen LogP contribution in [0.1, 0.15) is 16.1 Å². The number of aromatic nitrogens is 1. The first-order valence-corrected chi connectivity index (χ1v) is 7.73. The van der Waals surface area contributed by atoms with Gasteiger partial charge in [0.25, 0.3) is 5.91 Å². The number of carbonyl (C=O) groups is 1. The van der Waals surface area contributed by atoms with Crippen LogP contribution in [0.5, 0.6) is 0 Å². The van der Waals surface area contributed by atoms with Crippen molar-refractivity contribution in [2.45, 2.75) is 6.54 Å². The summed E-state index contributed by atoms with van der Waals surface area (Å²) in [5.41, 5.74) is 1.57. The van der Waals surface area contributed by atoms with E-state index in [0.717, 1.165) is 5.56 Å². The lowest BCUT2D eigenvalue weighted by Crippen LogP contribution is -2.23. The van der Waals surface area contributed by atoms with Gasteiger partial charge >= 0.3 is 0 Å². The molecule has 0 atom stereocenters. The molecule has 0 aliphatic carbocycles. The van der Waals surface area contributed by atoms with Crippen LogP contribution in [-0.4, -0.2) is 11.1 Å². The minimum atomic E-state index is -0.391. The number of carbonyl (C=O) groups excluding carboxylic acids is 1. The summed E-state index contributed by atoms with van der Waals surface area (Å²) in [6.45, 7) is 0.272. The minimum Gasteiger partial charge on any atom is -0.355 e. The molecule has 3 rings (SSSR count). The Labute approximate surface area is 147 Å². The highest BCUT2D eigenvalue weighted by Gasteiger charge is 2.13. The molecule has 0 saturated heterocycles. The van der Waals surface area contributed by atoms with E-state index in [2.05, 4.69) is 10.5 Å². The normalized spacial score (nSPS) is 10.6. The third-order valence-corrected chi connectivity index (χ3v) is 4.05. The predicted octanol–water partition coefficient (Wildman–Crippen LogP) is 4.72. The van der Waals surface area contributed by atoms with Gasteiger partial charge in [0.2, 0.25) is 0 Å². The zero-order chi connectivity index (χ0) is 17.1. The standard InChI is InChI=1S/C17H11Cl2FN2O2/c18-13-6-1-10(7-14(13)19)9-21-17(23)15-8-16(24-22-15)11-2-4-12(20)5-3-11/h1-8H,9H2,(H,21,23). The third-order valence-electron chi connectivity index (χ3n) is 3.31. The minimum absolute atomic E-state index is 0.134. The molecule has 3 aromatic rings. The van der Waals surface area contributed by atoms with Gasteiger partial charge in [-0.25, -0.2) is 4.39 Å². The number of benzene rings is 2. The molecule has 0 spiro atoms. The van der Waals surface area contributed by atoms with Crippen molar-refractivity contribution in [1.82, 2.24) is 10.5 Å². The van der Waals surface area contributed by atoms with Crippen LogP contribution >= 0.6 is 23.2 Å². The van der Waals surface area contributed by atoms with Crippen molar-refractivity contribution in [1.29, 1.82) is 0 Å². The van der Waals surface area contributed by atoms with Gasteiger partial charge in [0.05, 0.1) is 10.0 Å². The van der Waals surface area contributed by atoms with Gasteiger partial charge in [-0.05, 0) is 42.0 Å². The number of amides is 1. The molecule has 24 heavy (non-hydrogen) atoms. The molecule has 1 aromatic heterocycles. The number of nitrogens with one attached hydrogen (secondary N) is 1. The highest BCUT2D eigenvalue weighted by atomic mass is 35.5. The largest absolute Gasteiger partial charge is 0.355 e. The fourth-order valence-corrected chi connectivity index (χ4v) is 2.38. The molecule has 0 bridgehead atoms. The van der Waals surface area contributed by atoms with Crippen molar-refractivity contribution < 1.29 is 13.7 Å². The number of nitrogens with zero attached hydrogens (tertiary/aromatic N) is 1. The predicted molar refractivity (Wildman–Crippen MR) is 89.5 cm³/mol. The van der Waals surface area contributed by atoms with E-state index < -0.39 is 5.91 Å². The number of rotatable bonds is 4. The zero-order valence-corrected chi connectivity index (χ0v) is 13.7. The topological polar surface area (TPSA) is 55.1 Å². The van der Waals surface area contributed by atoms with Crippen molar-refractivity contribution in [3.05, 3.63) is 75.7 Å². The van der Waals surface area contributed by atoms with Gasteiger partial charge in [-0.2, -0.15) is 0 Å². The lowest BCUT2D eigenvalue weighted by Gasteiger charge is -2.04. The average Bonchev–Trinajstić information content (AvgIpc) is 3.06. The van der Waals surface area contributed by atoms with E-state index in [1.165, 1.54) is 18.2 Å². The van der Waals surface area contributed by atoms with Gasteiger partial charge in [0.1, 0.15) is 5.82 Å². The highest BCUT2D eigenvalue weighted by molar-refractivity contribution is 6.42. The van der Waals surface area contributed by atoms with Crippen LogP contribution in [0.2, 0.25) is 10.0 Å². The van der Waals surface area contributed by atoms with E-state index in [1.807, 2.05) is 0 Å². The van der Waals surface area contributed by atoms with Crippen LogP contribution in [0.15, 0.2) is 53.1 Å². The van der Waals surface area contributed by atoms with Gasteiger partial charge in [-0.1, -0.05) is 34.4 Å². The maximum Gasteiger partial charge on any atom is 0.273 e. The maximum absolute atomic E-state index is 12.9. The zero-order valence-electron chi connectivity index (χ0n) is 12.2. The van der Waals surface area contributed by atoms with Gasteiger partial charge in [0.15, 0.2) is 11.5 Å². The van der Waals surface area contributed by atoms with E-state index in [9.17, 15) is 9.18 Å². The molecule has 1 heterocycles. The Balaban J connectivity index is 1.67. The molecule has 0 aliphatic heterocycles. The van der Waals surface area contributed by atoms with Crippen molar-refractivity contribution in [2.75, 3.05) is 0 Å². The van der Waals surface area contributed by atoms with E-state index in [4.69, 9.17) is 27.7 Å². The monoisotopic (exact) mass is 364 g/mol. The molecular weight excluding hydrogens is 354 g/mol. The Morgan fingerprint density at radius 3 is 2.54 bits per heavy atom. The molecule has 0 fully saturated rings. The summed E-state index contributed by atoms with van der Waals surface area (Å²) < 4.78 is 18.0. The summed E-state index contributed by atoms with van der Waals surface area (Å²) in [6, 6.07) is 12.3. The number of hydrogen-bond acceptors (Lipinski definition) is 3. The lowest BCUT2D eigenvalue weighted by molar-refractivity contribution is 0.0942. The summed E-state index contributed by atoms with van der Waals surface area (Å²) in [6.07, 6.45) is 0. The van der Waals surface area contributed by atoms with Crippen LogP contribution < -0.4 is 5.32 Å². The third kappa shape index (κ3) is 3.75. The molecule has 7 heteroatoms. The molecule has 2 aromatic carbocycles. The number of hydrogen-bond donors (Lipinski definition) is 1. The number of halogens is 3. The van der Waals surface area contributed by atoms with Crippen molar-refractivity contribution in [3.8, 4) is 11.3 Å². The fraction of sp³-hybridized carbons (Fsp3) is 0.0588. The van der Waals surface area contributed by atoms with Crippen molar-refractivity contribution >= 4 is 29.1 Å². The molecule has 122 valence electrons.